The molecule has 22 heavy (non-hydrogen) atoms. The second kappa shape index (κ2) is 5.63. The van der Waals surface area contributed by atoms with Crippen molar-refractivity contribution in [3.8, 4) is 0 Å². The molecule has 3 heterocycles. The van der Waals surface area contributed by atoms with Gasteiger partial charge in [-0.3, -0.25) is 4.98 Å². The monoisotopic (exact) mass is 300 g/mol. The van der Waals surface area contributed by atoms with E-state index in [-0.39, 0.29) is 11.2 Å². The molecule has 0 aromatic carbocycles. The summed E-state index contributed by atoms with van der Waals surface area (Å²) in [6.07, 6.45) is 4.24. The van der Waals surface area contributed by atoms with Crippen LogP contribution in [0.3, 0.4) is 0 Å². The first kappa shape index (κ1) is 14.9. The predicted molar refractivity (Wildman–Crippen MR) is 84.5 cm³/mol. The number of anilines is 1. The number of aromatic nitrogens is 3. The molecule has 1 aliphatic rings. The van der Waals surface area contributed by atoms with E-state index in [1.165, 1.54) is 6.33 Å². The molecule has 1 fully saturated rings. The summed E-state index contributed by atoms with van der Waals surface area (Å²) in [5.41, 5.74) is 1.20. The normalized spacial score (nSPS) is 18.7. The molecule has 116 valence electrons. The van der Waals surface area contributed by atoms with Crippen molar-refractivity contribution in [3.63, 3.8) is 0 Å². The predicted octanol–water partition coefficient (Wildman–Crippen LogP) is 3.30. The molecule has 4 nitrogen and oxygen atoms in total. The summed E-state index contributed by atoms with van der Waals surface area (Å²) < 4.78 is 14.8. The van der Waals surface area contributed by atoms with Gasteiger partial charge in [0.25, 0.3) is 0 Å². The summed E-state index contributed by atoms with van der Waals surface area (Å²) in [5, 5.41) is 0. The van der Waals surface area contributed by atoms with E-state index < -0.39 is 0 Å². The van der Waals surface area contributed by atoms with Crippen molar-refractivity contribution >= 4 is 5.82 Å². The van der Waals surface area contributed by atoms with Crippen LogP contribution in [-0.4, -0.2) is 28.0 Å². The minimum Gasteiger partial charge on any atom is -0.353 e. The first-order chi connectivity index (χ1) is 10.5. The molecule has 0 spiro atoms. The maximum Gasteiger partial charge on any atom is 0.187 e. The average Bonchev–Trinajstić information content (AvgIpc) is 2.97. The lowest BCUT2D eigenvalue weighted by Crippen LogP contribution is -2.25. The molecule has 1 atom stereocenters. The number of rotatable bonds is 2. The molecule has 1 aliphatic heterocycles. The van der Waals surface area contributed by atoms with Crippen molar-refractivity contribution in [1.29, 1.82) is 0 Å². The van der Waals surface area contributed by atoms with Crippen LogP contribution in [-0.2, 0) is 5.41 Å². The van der Waals surface area contributed by atoms with E-state index in [4.69, 9.17) is 0 Å². The number of nitrogens with zero attached hydrogens (tertiary/aromatic N) is 4. The van der Waals surface area contributed by atoms with E-state index in [2.05, 4.69) is 15.0 Å². The van der Waals surface area contributed by atoms with Gasteiger partial charge in [0.05, 0.1) is 5.69 Å². The Labute approximate surface area is 130 Å². The SMILES string of the molecule is CC(C)(C)c1ncnc(N2CCC(c3ccccn3)C2)c1F. The molecule has 0 aliphatic carbocycles. The van der Waals surface area contributed by atoms with Gasteiger partial charge in [-0.25, -0.2) is 14.4 Å². The number of halogens is 1. The fourth-order valence-corrected chi connectivity index (χ4v) is 2.92. The summed E-state index contributed by atoms with van der Waals surface area (Å²) in [5.74, 6) is 0.448. The van der Waals surface area contributed by atoms with Crippen molar-refractivity contribution in [2.45, 2.75) is 38.5 Å². The van der Waals surface area contributed by atoms with Crippen molar-refractivity contribution in [1.82, 2.24) is 15.0 Å². The summed E-state index contributed by atoms with van der Waals surface area (Å²) in [4.78, 5) is 14.7. The van der Waals surface area contributed by atoms with Crippen molar-refractivity contribution < 1.29 is 4.39 Å². The molecule has 2 aromatic rings. The van der Waals surface area contributed by atoms with Gasteiger partial charge in [-0.2, -0.15) is 0 Å². The number of hydrogen-bond acceptors (Lipinski definition) is 4. The average molecular weight is 300 g/mol. The van der Waals surface area contributed by atoms with E-state index in [1.807, 2.05) is 43.9 Å². The molecule has 0 bridgehead atoms. The van der Waals surface area contributed by atoms with Gasteiger partial charge in [0.15, 0.2) is 11.6 Å². The maximum absolute atomic E-state index is 14.8. The first-order valence-electron chi connectivity index (χ1n) is 7.63. The highest BCUT2D eigenvalue weighted by Crippen LogP contribution is 2.32. The number of hydrogen-bond donors (Lipinski definition) is 0. The lowest BCUT2D eigenvalue weighted by atomic mass is 9.91. The molecule has 0 amide bonds. The molecule has 3 rings (SSSR count). The summed E-state index contributed by atoms with van der Waals surface area (Å²) in [6.45, 7) is 7.42. The zero-order chi connectivity index (χ0) is 15.7. The summed E-state index contributed by atoms with van der Waals surface area (Å²) in [6, 6.07) is 5.94. The largest absolute Gasteiger partial charge is 0.353 e. The van der Waals surface area contributed by atoms with Crippen LogP contribution in [0, 0.1) is 5.82 Å². The summed E-state index contributed by atoms with van der Waals surface area (Å²) in [7, 11) is 0. The van der Waals surface area contributed by atoms with Gasteiger partial charge < -0.3 is 4.90 Å². The van der Waals surface area contributed by atoms with Crippen LogP contribution in [0.4, 0.5) is 10.2 Å². The van der Waals surface area contributed by atoms with Crippen LogP contribution in [0.25, 0.3) is 0 Å². The fourth-order valence-electron chi connectivity index (χ4n) is 2.92. The van der Waals surface area contributed by atoms with Gasteiger partial charge in [-0.05, 0) is 18.6 Å². The molecule has 1 unspecified atom stereocenters. The van der Waals surface area contributed by atoms with E-state index in [1.54, 1.807) is 6.20 Å². The minimum atomic E-state index is -0.331. The molecular formula is C17H21FN4. The Hall–Kier alpha value is -2.04. The summed E-state index contributed by atoms with van der Waals surface area (Å²) >= 11 is 0. The van der Waals surface area contributed by atoms with Gasteiger partial charge in [0.1, 0.15) is 6.33 Å². The highest BCUT2D eigenvalue weighted by atomic mass is 19.1. The van der Waals surface area contributed by atoms with Crippen LogP contribution in [0.2, 0.25) is 0 Å². The highest BCUT2D eigenvalue weighted by molar-refractivity contribution is 5.44. The molecule has 5 heteroatoms. The maximum atomic E-state index is 14.8. The van der Waals surface area contributed by atoms with Crippen molar-refractivity contribution in [2.75, 3.05) is 18.0 Å². The second-order valence-electron chi connectivity index (χ2n) is 6.80. The highest BCUT2D eigenvalue weighted by Gasteiger charge is 2.30. The molecular weight excluding hydrogens is 279 g/mol. The van der Waals surface area contributed by atoms with Crippen LogP contribution < -0.4 is 4.90 Å². The van der Waals surface area contributed by atoms with Crippen LogP contribution >= 0.6 is 0 Å². The molecule has 0 N–H and O–H groups in total. The van der Waals surface area contributed by atoms with Gasteiger partial charge in [0, 0.05) is 36.3 Å². The zero-order valence-electron chi connectivity index (χ0n) is 13.3. The van der Waals surface area contributed by atoms with Crippen molar-refractivity contribution in [3.05, 3.63) is 47.9 Å². The molecule has 0 radical (unpaired) electrons. The second-order valence-corrected chi connectivity index (χ2v) is 6.80. The Morgan fingerprint density at radius 1 is 1.18 bits per heavy atom. The molecule has 0 saturated carbocycles. The third-order valence-corrected chi connectivity index (χ3v) is 4.08. The smallest absolute Gasteiger partial charge is 0.187 e. The quantitative estimate of drug-likeness (QED) is 0.853. The Morgan fingerprint density at radius 3 is 2.68 bits per heavy atom. The van der Waals surface area contributed by atoms with E-state index in [0.717, 1.165) is 25.2 Å². The van der Waals surface area contributed by atoms with Crippen LogP contribution in [0.15, 0.2) is 30.7 Å². The van der Waals surface area contributed by atoms with E-state index >= 15 is 0 Å². The third-order valence-electron chi connectivity index (χ3n) is 4.08. The topological polar surface area (TPSA) is 41.9 Å². The third kappa shape index (κ3) is 2.80. The van der Waals surface area contributed by atoms with E-state index in [0.29, 0.717) is 17.4 Å². The number of pyridine rings is 1. The van der Waals surface area contributed by atoms with Gasteiger partial charge in [0.2, 0.25) is 0 Å². The zero-order valence-corrected chi connectivity index (χ0v) is 13.3. The van der Waals surface area contributed by atoms with Crippen LogP contribution in [0.1, 0.15) is 44.5 Å². The Morgan fingerprint density at radius 2 is 2.00 bits per heavy atom. The minimum absolute atomic E-state index is 0.295. The standard InChI is InChI=1S/C17H21FN4/c1-17(2,3)15-14(18)16(21-11-20-15)22-9-7-12(10-22)13-6-4-5-8-19-13/h4-6,8,11-12H,7,9-10H2,1-3H3. The van der Waals surface area contributed by atoms with Crippen molar-refractivity contribution in [2.24, 2.45) is 0 Å². The van der Waals surface area contributed by atoms with E-state index in [9.17, 15) is 4.39 Å². The molecule has 2 aromatic heterocycles. The lowest BCUT2D eigenvalue weighted by Gasteiger charge is -2.23. The van der Waals surface area contributed by atoms with Gasteiger partial charge in [-0.15, -0.1) is 0 Å². The lowest BCUT2D eigenvalue weighted by molar-refractivity contribution is 0.497. The van der Waals surface area contributed by atoms with Crippen LogP contribution in [0.5, 0.6) is 0 Å². The van der Waals surface area contributed by atoms with Gasteiger partial charge in [-0.1, -0.05) is 26.8 Å². The Bertz CT molecular complexity index is 651. The first-order valence-corrected chi connectivity index (χ1v) is 7.63. The molecule has 1 saturated heterocycles. The fraction of sp³-hybridized carbons (Fsp3) is 0.471. The van der Waals surface area contributed by atoms with Gasteiger partial charge >= 0.3 is 0 Å². The Kier molecular flexibility index (Phi) is 3.81. The Balaban J connectivity index is 1.85.